The standard InChI is InChI=1S/C15H19ClN4O3S2/c1-10-8-13(19(2)18-10)17-15(21)11-4-3-7-20(9-11)25(22,23)14-6-5-12(16)24-14/h5-6,8,11H,3-4,7,9H2,1-2H3,(H,17,21). The molecule has 0 aromatic carbocycles. The number of nitrogens with one attached hydrogen (secondary N) is 1. The Morgan fingerprint density at radius 2 is 2.20 bits per heavy atom. The molecule has 136 valence electrons. The summed E-state index contributed by atoms with van der Waals surface area (Å²) in [5.41, 5.74) is 0.806. The van der Waals surface area contributed by atoms with Crippen LogP contribution in [0.2, 0.25) is 4.34 Å². The van der Waals surface area contributed by atoms with E-state index in [0.29, 0.717) is 29.5 Å². The van der Waals surface area contributed by atoms with Gasteiger partial charge in [0.2, 0.25) is 5.91 Å². The maximum Gasteiger partial charge on any atom is 0.252 e. The van der Waals surface area contributed by atoms with E-state index in [-0.39, 0.29) is 16.7 Å². The fraction of sp³-hybridized carbons (Fsp3) is 0.467. The molecule has 1 unspecified atom stereocenters. The average Bonchev–Trinajstić information content (AvgIpc) is 3.13. The van der Waals surface area contributed by atoms with E-state index in [0.717, 1.165) is 17.0 Å². The lowest BCUT2D eigenvalue weighted by Gasteiger charge is -2.30. The van der Waals surface area contributed by atoms with Crippen molar-refractivity contribution in [3.8, 4) is 0 Å². The van der Waals surface area contributed by atoms with Crippen molar-refractivity contribution in [3.63, 3.8) is 0 Å². The molecule has 1 aliphatic rings. The summed E-state index contributed by atoms with van der Waals surface area (Å²) >= 11 is 6.88. The number of hydrogen-bond donors (Lipinski definition) is 1. The summed E-state index contributed by atoms with van der Waals surface area (Å²) in [5, 5.41) is 7.03. The highest BCUT2D eigenvalue weighted by molar-refractivity contribution is 7.91. The lowest BCUT2D eigenvalue weighted by atomic mass is 9.99. The number of anilines is 1. The highest BCUT2D eigenvalue weighted by Crippen LogP contribution is 2.30. The Kier molecular flexibility index (Phi) is 5.19. The minimum absolute atomic E-state index is 0.167. The van der Waals surface area contributed by atoms with Crippen LogP contribution in [0.15, 0.2) is 22.4 Å². The predicted octanol–water partition coefficient (Wildman–Crippen LogP) is 2.48. The van der Waals surface area contributed by atoms with Gasteiger partial charge in [-0.15, -0.1) is 11.3 Å². The van der Waals surface area contributed by atoms with Crippen LogP contribution in [-0.2, 0) is 21.9 Å². The van der Waals surface area contributed by atoms with Gasteiger partial charge in [-0.25, -0.2) is 8.42 Å². The third-order valence-corrected chi connectivity index (χ3v) is 7.71. The van der Waals surface area contributed by atoms with Crippen LogP contribution in [0.3, 0.4) is 0 Å². The zero-order valence-corrected chi connectivity index (χ0v) is 16.3. The number of halogens is 1. The van der Waals surface area contributed by atoms with E-state index in [2.05, 4.69) is 10.4 Å². The van der Waals surface area contributed by atoms with Crippen LogP contribution in [-0.4, -0.2) is 41.5 Å². The highest BCUT2D eigenvalue weighted by Gasteiger charge is 2.34. The van der Waals surface area contributed by atoms with Crippen molar-refractivity contribution in [1.82, 2.24) is 14.1 Å². The van der Waals surface area contributed by atoms with Crippen molar-refractivity contribution in [2.45, 2.75) is 24.0 Å². The molecule has 2 aromatic rings. The van der Waals surface area contributed by atoms with Gasteiger partial charge in [0, 0.05) is 26.2 Å². The second-order valence-corrected chi connectivity index (χ2v) is 9.92. The summed E-state index contributed by atoms with van der Waals surface area (Å²) in [6.07, 6.45) is 1.29. The number of aryl methyl sites for hydroxylation is 2. The Morgan fingerprint density at radius 1 is 1.44 bits per heavy atom. The van der Waals surface area contributed by atoms with Gasteiger partial charge in [-0.2, -0.15) is 9.40 Å². The Hall–Kier alpha value is -1.42. The van der Waals surface area contributed by atoms with Crippen LogP contribution in [0.25, 0.3) is 0 Å². The summed E-state index contributed by atoms with van der Waals surface area (Å²) in [5.74, 6) is 0.0220. The third-order valence-electron chi connectivity index (χ3n) is 4.15. The van der Waals surface area contributed by atoms with Crippen LogP contribution < -0.4 is 5.32 Å². The Bertz CT molecular complexity index is 890. The van der Waals surface area contributed by atoms with Crippen LogP contribution in [0.5, 0.6) is 0 Å². The second-order valence-electron chi connectivity index (χ2n) is 6.04. The van der Waals surface area contributed by atoms with E-state index in [1.54, 1.807) is 23.9 Å². The molecule has 0 spiro atoms. The minimum Gasteiger partial charge on any atom is -0.311 e. The number of thiophene rings is 1. The summed E-state index contributed by atoms with van der Waals surface area (Å²) in [6, 6.07) is 4.85. The number of sulfonamides is 1. The molecule has 0 saturated carbocycles. The first-order valence-corrected chi connectivity index (χ1v) is 10.5. The lowest BCUT2D eigenvalue weighted by molar-refractivity contribution is -0.120. The molecule has 2 aromatic heterocycles. The van der Waals surface area contributed by atoms with Gasteiger partial charge >= 0.3 is 0 Å². The van der Waals surface area contributed by atoms with Gasteiger partial charge in [0.1, 0.15) is 10.0 Å². The van der Waals surface area contributed by atoms with Gasteiger partial charge in [-0.1, -0.05) is 11.6 Å². The third kappa shape index (κ3) is 3.89. The van der Waals surface area contributed by atoms with Crippen molar-refractivity contribution in [2.75, 3.05) is 18.4 Å². The maximum absolute atomic E-state index is 12.7. The van der Waals surface area contributed by atoms with Crippen LogP contribution in [0.4, 0.5) is 5.82 Å². The molecule has 1 fully saturated rings. The summed E-state index contributed by atoms with van der Waals surface area (Å²) in [7, 11) is -1.86. The molecule has 7 nitrogen and oxygen atoms in total. The molecule has 1 aliphatic heterocycles. The van der Waals surface area contributed by atoms with Gasteiger partial charge in [0.15, 0.2) is 0 Å². The van der Waals surface area contributed by atoms with Crippen molar-refractivity contribution >= 4 is 44.7 Å². The quantitative estimate of drug-likeness (QED) is 0.851. The van der Waals surface area contributed by atoms with Crippen molar-refractivity contribution in [2.24, 2.45) is 13.0 Å². The largest absolute Gasteiger partial charge is 0.311 e. The SMILES string of the molecule is Cc1cc(NC(=O)C2CCCN(S(=O)(=O)c3ccc(Cl)s3)C2)n(C)n1. The molecule has 0 bridgehead atoms. The molecule has 1 amide bonds. The number of carbonyl (C=O) groups is 1. The summed E-state index contributed by atoms with van der Waals surface area (Å²) < 4.78 is 29.0. The Labute approximate surface area is 155 Å². The van der Waals surface area contributed by atoms with E-state index in [1.807, 2.05) is 6.92 Å². The van der Waals surface area contributed by atoms with E-state index in [1.165, 1.54) is 10.4 Å². The number of hydrogen-bond acceptors (Lipinski definition) is 5. The number of piperidine rings is 1. The monoisotopic (exact) mass is 402 g/mol. The molecule has 3 rings (SSSR count). The highest BCUT2D eigenvalue weighted by atomic mass is 35.5. The smallest absolute Gasteiger partial charge is 0.252 e. The first kappa shape index (κ1) is 18.4. The van der Waals surface area contributed by atoms with Gasteiger partial charge in [-0.3, -0.25) is 9.48 Å². The molecule has 0 radical (unpaired) electrons. The first-order chi connectivity index (χ1) is 11.8. The number of aromatic nitrogens is 2. The number of nitrogens with zero attached hydrogens (tertiary/aromatic N) is 3. The van der Waals surface area contributed by atoms with Crippen LogP contribution in [0, 0.1) is 12.8 Å². The Morgan fingerprint density at radius 3 is 2.80 bits per heavy atom. The van der Waals surface area contributed by atoms with Gasteiger partial charge < -0.3 is 5.32 Å². The number of amides is 1. The Balaban J connectivity index is 1.72. The maximum atomic E-state index is 12.7. The fourth-order valence-electron chi connectivity index (χ4n) is 2.89. The molecule has 1 saturated heterocycles. The zero-order valence-electron chi connectivity index (χ0n) is 13.9. The van der Waals surface area contributed by atoms with E-state index < -0.39 is 15.9 Å². The van der Waals surface area contributed by atoms with Gasteiger partial charge in [-0.05, 0) is 31.9 Å². The van der Waals surface area contributed by atoms with Crippen LogP contribution in [0.1, 0.15) is 18.5 Å². The van der Waals surface area contributed by atoms with Crippen molar-refractivity contribution in [3.05, 3.63) is 28.2 Å². The van der Waals surface area contributed by atoms with E-state index in [4.69, 9.17) is 11.6 Å². The first-order valence-electron chi connectivity index (χ1n) is 7.84. The molecular weight excluding hydrogens is 384 g/mol. The van der Waals surface area contributed by atoms with Gasteiger partial charge in [0.05, 0.1) is 15.9 Å². The molecule has 25 heavy (non-hydrogen) atoms. The van der Waals surface area contributed by atoms with Crippen LogP contribution >= 0.6 is 22.9 Å². The molecule has 1 N–H and O–H groups in total. The molecule has 1 atom stereocenters. The minimum atomic E-state index is -3.61. The zero-order chi connectivity index (χ0) is 18.2. The van der Waals surface area contributed by atoms with E-state index >= 15 is 0 Å². The summed E-state index contributed by atoms with van der Waals surface area (Å²) in [4.78, 5) is 12.5. The molecule has 3 heterocycles. The normalized spacial score (nSPS) is 19.1. The summed E-state index contributed by atoms with van der Waals surface area (Å²) in [6.45, 7) is 2.42. The van der Waals surface area contributed by atoms with Gasteiger partial charge in [0.25, 0.3) is 10.0 Å². The predicted molar refractivity (Wildman–Crippen MR) is 97.4 cm³/mol. The van der Waals surface area contributed by atoms with Crippen molar-refractivity contribution < 1.29 is 13.2 Å². The topological polar surface area (TPSA) is 84.3 Å². The van der Waals surface area contributed by atoms with E-state index in [9.17, 15) is 13.2 Å². The molecular formula is C15H19ClN4O3S2. The second kappa shape index (κ2) is 7.06. The molecule has 0 aliphatic carbocycles. The lowest BCUT2D eigenvalue weighted by Crippen LogP contribution is -2.43. The van der Waals surface area contributed by atoms with Crippen molar-refractivity contribution in [1.29, 1.82) is 0 Å². The molecule has 10 heteroatoms. The number of carbonyl (C=O) groups excluding carboxylic acids is 1. The number of rotatable bonds is 4. The average molecular weight is 403 g/mol. The fourth-order valence-corrected chi connectivity index (χ4v) is 6.06.